The molecular formula is C13H9F2NO3S. The zero-order valence-electron chi connectivity index (χ0n) is 10.3. The molecule has 0 saturated heterocycles. The summed E-state index contributed by atoms with van der Waals surface area (Å²) in [4.78, 5) is 23.7. The number of benzene rings is 1. The van der Waals surface area contributed by atoms with Crippen LogP contribution in [0.1, 0.15) is 19.3 Å². The van der Waals surface area contributed by atoms with E-state index in [-0.39, 0.29) is 15.4 Å². The molecule has 4 nitrogen and oxygen atoms in total. The largest absolute Gasteiger partial charge is 0.465 e. The van der Waals surface area contributed by atoms with Gasteiger partial charge >= 0.3 is 5.97 Å². The van der Waals surface area contributed by atoms with E-state index < -0.39 is 23.5 Å². The summed E-state index contributed by atoms with van der Waals surface area (Å²) in [7, 11) is 1.24. The van der Waals surface area contributed by atoms with Crippen LogP contribution in [0.2, 0.25) is 0 Å². The van der Waals surface area contributed by atoms with Gasteiger partial charge in [0.2, 0.25) is 0 Å². The normalized spacial score (nSPS) is 10.2. The van der Waals surface area contributed by atoms with Crippen molar-refractivity contribution in [2.24, 2.45) is 0 Å². The van der Waals surface area contributed by atoms with Gasteiger partial charge in [0, 0.05) is 11.8 Å². The number of halogens is 2. The second kappa shape index (κ2) is 5.79. The van der Waals surface area contributed by atoms with Gasteiger partial charge in [-0.1, -0.05) is 0 Å². The first-order valence-corrected chi connectivity index (χ1v) is 6.27. The summed E-state index contributed by atoms with van der Waals surface area (Å²) in [6.07, 6.45) is 0. The molecule has 2 rings (SSSR count). The molecule has 0 saturated carbocycles. The predicted molar refractivity (Wildman–Crippen MR) is 70.0 cm³/mol. The van der Waals surface area contributed by atoms with E-state index >= 15 is 0 Å². The Morgan fingerprint density at radius 2 is 1.80 bits per heavy atom. The van der Waals surface area contributed by atoms with Crippen molar-refractivity contribution in [3.63, 3.8) is 0 Å². The molecule has 1 aromatic heterocycles. The second-order valence-corrected chi connectivity index (χ2v) is 4.82. The Labute approximate surface area is 117 Å². The first-order valence-electron chi connectivity index (χ1n) is 5.46. The van der Waals surface area contributed by atoms with E-state index in [4.69, 9.17) is 0 Å². The molecule has 1 aromatic carbocycles. The molecule has 1 amide bonds. The molecule has 0 aliphatic heterocycles. The highest BCUT2D eigenvalue weighted by Crippen LogP contribution is 2.20. The summed E-state index contributed by atoms with van der Waals surface area (Å²) in [6.45, 7) is 0. The summed E-state index contributed by atoms with van der Waals surface area (Å²) in [5.74, 6) is -3.10. The van der Waals surface area contributed by atoms with Crippen LogP contribution in [0.25, 0.3) is 0 Å². The average Bonchev–Trinajstić information content (AvgIpc) is 2.92. The van der Waals surface area contributed by atoms with Gasteiger partial charge in [0.15, 0.2) is 11.6 Å². The lowest BCUT2D eigenvalue weighted by Gasteiger charge is -2.03. The lowest BCUT2D eigenvalue weighted by Crippen LogP contribution is -2.10. The summed E-state index contributed by atoms with van der Waals surface area (Å²) in [5, 5.41) is 2.41. The van der Waals surface area contributed by atoms with E-state index in [0.717, 1.165) is 23.5 Å². The zero-order valence-corrected chi connectivity index (χ0v) is 11.1. The molecule has 1 N–H and O–H groups in total. The number of ether oxygens (including phenoxy) is 1. The summed E-state index contributed by atoms with van der Waals surface area (Å²) in [5.41, 5.74) is 0.127. The van der Waals surface area contributed by atoms with E-state index in [1.54, 1.807) is 0 Å². The Balaban J connectivity index is 2.13. The van der Waals surface area contributed by atoms with E-state index in [2.05, 4.69) is 10.1 Å². The average molecular weight is 297 g/mol. The van der Waals surface area contributed by atoms with Gasteiger partial charge in [0.25, 0.3) is 5.91 Å². The number of hydrogen-bond donors (Lipinski definition) is 1. The van der Waals surface area contributed by atoms with Crippen LogP contribution >= 0.6 is 11.3 Å². The number of nitrogens with one attached hydrogen (secondary N) is 1. The Kier molecular flexibility index (Phi) is 4.09. The maximum Gasteiger partial charge on any atom is 0.348 e. The Bertz CT molecular complexity index is 669. The van der Waals surface area contributed by atoms with Crippen molar-refractivity contribution >= 4 is 28.9 Å². The van der Waals surface area contributed by atoms with Gasteiger partial charge in [-0.15, -0.1) is 11.3 Å². The van der Waals surface area contributed by atoms with Crippen LogP contribution in [-0.4, -0.2) is 19.0 Å². The molecule has 20 heavy (non-hydrogen) atoms. The third-order valence-corrected chi connectivity index (χ3v) is 3.46. The van der Waals surface area contributed by atoms with Crippen molar-refractivity contribution in [3.05, 3.63) is 51.7 Å². The fourth-order valence-electron chi connectivity index (χ4n) is 1.44. The zero-order chi connectivity index (χ0) is 14.7. The molecule has 104 valence electrons. The number of carbonyl (C=O) groups is 2. The first-order chi connectivity index (χ1) is 9.51. The lowest BCUT2D eigenvalue weighted by atomic mass is 10.3. The number of carbonyl (C=O) groups excluding carboxylic acids is 2. The summed E-state index contributed by atoms with van der Waals surface area (Å²) >= 11 is 0.946. The number of anilines is 1. The van der Waals surface area contributed by atoms with Crippen molar-refractivity contribution in [1.82, 2.24) is 0 Å². The SMILES string of the molecule is COC(=O)c1ccc(C(=O)Nc2ccc(F)c(F)c2)s1. The third-order valence-electron chi connectivity index (χ3n) is 2.39. The minimum Gasteiger partial charge on any atom is -0.465 e. The van der Waals surface area contributed by atoms with E-state index in [1.165, 1.54) is 25.3 Å². The smallest absolute Gasteiger partial charge is 0.348 e. The van der Waals surface area contributed by atoms with Gasteiger partial charge in [0.05, 0.1) is 12.0 Å². The van der Waals surface area contributed by atoms with Crippen molar-refractivity contribution in [3.8, 4) is 0 Å². The van der Waals surface area contributed by atoms with Gasteiger partial charge in [-0.25, -0.2) is 13.6 Å². The molecule has 1 heterocycles. The van der Waals surface area contributed by atoms with Crippen LogP contribution < -0.4 is 5.32 Å². The highest BCUT2D eigenvalue weighted by Gasteiger charge is 2.14. The van der Waals surface area contributed by atoms with Crippen LogP contribution in [0.5, 0.6) is 0 Å². The summed E-state index contributed by atoms with van der Waals surface area (Å²) < 4.78 is 30.3. The van der Waals surface area contributed by atoms with Gasteiger partial charge in [-0.3, -0.25) is 4.79 Å². The Morgan fingerprint density at radius 1 is 1.10 bits per heavy atom. The quantitative estimate of drug-likeness (QED) is 0.886. The second-order valence-electron chi connectivity index (χ2n) is 3.74. The van der Waals surface area contributed by atoms with Crippen molar-refractivity contribution in [1.29, 1.82) is 0 Å². The van der Waals surface area contributed by atoms with E-state index in [0.29, 0.717) is 0 Å². The molecule has 0 aliphatic carbocycles. The van der Waals surface area contributed by atoms with Gasteiger partial charge < -0.3 is 10.1 Å². The topological polar surface area (TPSA) is 55.4 Å². The fourth-order valence-corrected chi connectivity index (χ4v) is 2.26. The van der Waals surface area contributed by atoms with Crippen LogP contribution in [0.15, 0.2) is 30.3 Å². The van der Waals surface area contributed by atoms with E-state index in [1.807, 2.05) is 0 Å². The van der Waals surface area contributed by atoms with Crippen LogP contribution in [0.3, 0.4) is 0 Å². The number of thiophene rings is 1. The molecular weight excluding hydrogens is 288 g/mol. The minimum atomic E-state index is -1.05. The number of rotatable bonds is 3. The predicted octanol–water partition coefficient (Wildman–Crippen LogP) is 3.07. The molecule has 2 aromatic rings. The Hall–Kier alpha value is -2.28. The molecule has 0 spiro atoms. The van der Waals surface area contributed by atoms with Crippen LogP contribution in [-0.2, 0) is 4.74 Å². The van der Waals surface area contributed by atoms with Crippen molar-refractivity contribution < 1.29 is 23.1 Å². The van der Waals surface area contributed by atoms with E-state index in [9.17, 15) is 18.4 Å². The standard InChI is InChI=1S/C13H9F2NO3S/c1-19-13(18)11-5-4-10(20-11)12(17)16-7-2-3-8(14)9(15)6-7/h2-6H,1H3,(H,16,17). The molecule has 0 atom stereocenters. The Morgan fingerprint density at radius 3 is 2.45 bits per heavy atom. The molecule has 0 bridgehead atoms. The minimum absolute atomic E-state index is 0.127. The van der Waals surface area contributed by atoms with Crippen LogP contribution in [0, 0.1) is 11.6 Å². The number of methoxy groups -OCH3 is 1. The number of hydrogen-bond acceptors (Lipinski definition) is 4. The highest BCUT2D eigenvalue weighted by atomic mass is 32.1. The maximum absolute atomic E-state index is 13.0. The molecule has 0 radical (unpaired) electrons. The monoisotopic (exact) mass is 297 g/mol. The molecule has 7 heteroatoms. The summed E-state index contributed by atoms with van der Waals surface area (Å²) in [6, 6.07) is 5.94. The van der Waals surface area contributed by atoms with Crippen molar-refractivity contribution in [2.75, 3.05) is 12.4 Å². The van der Waals surface area contributed by atoms with Gasteiger partial charge in [0.1, 0.15) is 4.88 Å². The van der Waals surface area contributed by atoms with Crippen molar-refractivity contribution in [2.45, 2.75) is 0 Å². The first kappa shape index (κ1) is 14.1. The van der Waals surface area contributed by atoms with Gasteiger partial charge in [-0.2, -0.15) is 0 Å². The molecule has 0 fully saturated rings. The number of esters is 1. The van der Waals surface area contributed by atoms with Crippen LogP contribution in [0.4, 0.5) is 14.5 Å². The lowest BCUT2D eigenvalue weighted by molar-refractivity contribution is 0.0606. The highest BCUT2D eigenvalue weighted by molar-refractivity contribution is 7.16. The fraction of sp³-hybridized carbons (Fsp3) is 0.0769. The number of amides is 1. The molecule has 0 unspecified atom stereocenters. The maximum atomic E-state index is 13.0. The molecule has 0 aliphatic rings. The van der Waals surface area contributed by atoms with Gasteiger partial charge in [-0.05, 0) is 24.3 Å². The third kappa shape index (κ3) is 3.00.